The molecule has 0 spiro atoms. The second kappa shape index (κ2) is 13.4. The van der Waals surface area contributed by atoms with Gasteiger partial charge in [-0.25, -0.2) is 4.79 Å². The number of amides is 3. The van der Waals surface area contributed by atoms with Gasteiger partial charge in [0.05, 0.1) is 6.07 Å². The maximum absolute atomic E-state index is 13.7. The Morgan fingerprint density at radius 1 is 1.18 bits per heavy atom. The molecule has 0 radical (unpaired) electrons. The van der Waals surface area contributed by atoms with E-state index in [-0.39, 0.29) is 18.2 Å². The van der Waals surface area contributed by atoms with Crippen LogP contribution in [-0.2, 0) is 14.3 Å². The lowest BCUT2D eigenvalue weighted by atomic mass is 9.99. The normalized spacial score (nSPS) is 12.9. The zero-order valence-corrected chi connectivity index (χ0v) is 21.1. The van der Waals surface area contributed by atoms with Crippen LogP contribution in [0.1, 0.15) is 72.4 Å². The summed E-state index contributed by atoms with van der Waals surface area (Å²) >= 11 is 0. The van der Waals surface area contributed by atoms with Gasteiger partial charge in [-0.1, -0.05) is 39.3 Å². The molecule has 34 heavy (non-hydrogen) atoms. The van der Waals surface area contributed by atoms with Gasteiger partial charge in [0.1, 0.15) is 30.0 Å². The molecule has 3 N–H and O–H groups in total. The quantitative estimate of drug-likeness (QED) is 0.331. The number of phenols is 1. The SMILES string of the molecule is CCCCNC(=O)C(c1ccc(O)cc1)N(CC#N)C(=O)C(CC(C)C)NC(=O)OC(C)(C)C. The van der Waals surface area contributed by atoms with Gasteiger partial charge in [-0.05, 0) is 57.2 Å². The number of carbonyl (C=O) groups is 3. The van der Waals surface area contributed by atoms with Crippen LogP contribution in [0.5, 0.6) is 5.75 Å². The molecular weight excluding hydrogens is 436 g/mol. The fraction of sp³-hybridized carbons (Fsp3) is 0.600. The largest absolute Gasteiger partial charge is 0.508 e. The topological polar surface area (TPSA) is 132 Å². The third kappa shape index (κ3) is 9.69. The summed E-state index contributed by atoms with van der Waals surface area (Å²) in [6, 6.07) is 5.77. The van der Waals surface area contributed by atoms with Gasteiger partial charge in [0.25, 0.3) is 0 Å². The van der Waals surface area contributed by atoms with Crippen molar-refractivity contribution in [3.8, 4) is 11.8 Å². The number of carbonyl (C=O) groups excluding carboxylic acids is 3. The highest BCUT2D eigenvalue weighted by Crippen LogP contribution is 2.25. The number of nitrogens with one attached hydrogen (secondary N) is 2. The molecule has 188 valence electrons. The number of nitrogens with zero attached hydrogens (tertiary/aromatic N) is 2. The minimum atomic E-state index is -1.11. The summed E-state index contributed by atoms with van der Waals surface area (Å²) in [6.45, 7) is 11.0. The predicted octanol–water partition coefficient (Wildman–Crippen LogP) is 3.64. The van der Waals surface area contributed by atoms with E-state index in [1.807, 2.05) is 26.8 Å². The van der Waals surface area contributed by atoms with Crippen LogP contribution in [0.3, 0.4) is 0 Å². The number of unbranched alkanes of at least 4 members (excludes halogenated alkanes) is 1. The molecule has 2 unspecified atom stereocenters. The van der Waals surface area contributed by atoms with Gasteiger partial charge in [-0.2, -0.15) is 5.26 Å². The Balaban J connectivity index is 3.36. The highest BCUT2D eigenvalue weighted by atomic mass is 16.6. The number of alkyl carbamates (subject to hydrolysis) is 1. The molecule has 0 aliphatic rings. The van der Waals surface area contributed by atoms with Crippen molar-refractivity contribution in [3.63, 3.8) is 0 Å². The molecule has 1 aromatic carbocycles. The Bertz CT molecular complexity index is 856. The van der Waals surface area contributed by atoms with Crippen LogP contribution in [0, 0.1) is 17.2 Å². The Labute approximate surface area is 202 Å². The number of hydrogen-bond donors (Lipinski definition) is 3. The van der Waals surface area contributed by atoms with E-state index in [0.29, 0.717) is 18.5 Å². The van der Waals surface area contributed by atoms with Crippen molar-refractivity contribution < 1.29 is 24.2 Å². The van der Waals surface area contributed by atoms with Crippen LogP contribution < -0.4 is 10.6 Å². The van der Waals surface area contributed by atoms with Gasteiger partial charge in [-0.15, -0.1) is 0 Å². The van der Waals surface area contributed by atoms with E-state index in [1.54, 1.807) is 20.8 Å². The van der Waals surface area contributed by atoms with Crippen LogP contribution in [-0.4, -0.2) is 52.6 Å². The van der Waals surface area contributed by atoms with Crippen molar-refractivity contribution in [3.05, 3.63) is 29.8 Å². The van der Waals surface area contributed by atoms with Gasteiger partial charge < -0.3 is 25.4 Å². The standard InChI is InChI=1S/C25H38N4O5/c1-7-8-14-27-22(31)21(18-9-11-19(30)12-10-18)29(15-13-26)23(32)20(16-17(2)3)28-24(33)34-25(4,5)6/h9-12,17,20-21,30H,7-8,14-16H2,1-6H3,(H,27,31)(H,28,33). The number of nitriles is 1. The predicted molar refractivity (Wildman–Crippen MR) is 129 cm³/mol. The lowest BCUT2D eigenvalue weighted by molar-refractivity contribution is -0.142. The Kier molecular flexibility index (Phi) is 11.4. The van der Waals surface area contributed by atoms with Crippen molar-refractivity contribution in [2.24, 2.45) is 5.92 Å². The van der Waals surface area contributed by atoms with E-state index in [2.05, 4.69) is 10.6 Å². The molecule has 3 amide bonds. The summed E-state index contributed by atoms with van der Waals surface area (Å²) in [5.41, 5.74) is -0.314. The van der Waals surface area contributed by atoms with Gasteiger partial charge >= 0.3 is 6.09 Å². The number of phenolic OH excluding ortho intramolecular Hbond substituents is 1. The smallest absolute Gasteiger partial charge is 0.408 e. The number of ether oxygens (including phenoxy) is 1. The average Bonchev–Trinajstić information content (AvgIpc) is 2.72. The molecule has 1 rings (SSSR count). The first-order chi connectivity index (χ1) is 15.9. The fourth-order valence-electron chi connectivity index (χ4n) is 3.33. The molecule has 0 saturated carbocycles. The van der Waals surface area contributed by atoms with Crippen molar-refractivity contribution in [2.45, 2.75) is 78.5 Å². The van der Waals surface area contributed by atoms with Gasteiger partial charge in [0, 0.05) is 6.54 Å². The number of hydrogen-bond acceptors (Lipinski definition) is 6. The first-order valence-corrected chi connectivity index (χ1v) is 11.6. The highest BCUT2D eigenvalue weighted by Gasteiger charge is 2.36. The maximum atomic E-state index is 13.7. The molecule has 1 aromatic rings. The summed E-state index contributed by atoms with van der Waals surface area (Å²) in [6.07, 6.45) is 1.18. The summed E-state index contributed by atoms with van der Waals surface area (Å²) < 4.78 is 5.32. The van der Waals surface area contributed by atoms with Crippen molar-refractivity contribution in [2.75, 3.05) is 13.1 Å². The van der Waals surface area contributed by atoms with E-state index in [9.17, 15) is 24.8 Å². The summed E-state index contributed by atoms with van der Waals surface area (Å²) in [7, 11) is 0. The molecule has 0 saturated heterocycles. The molecule has 0 bridgehead atoms. The first kappa shape index (κ1) is 28.8. The molecule has 2 atom stereocenters. The highest BCUT2D eigenvalue weighted by molar-refractivity contribution is 5.92. The number of aromatic hydroxyl groups is 1. The van der Waals surface area contributed by atoms with Crippen molar-refractivity contribution in [1.82, 2.24) is 15.5 Å². The fourth-order valence-corrected chi connectivity index (χ4v) is 3.33. The van der Waals surface area contributed by atoms with Gasteiger partial charge in [-0.3, -0.25) is 9.59 Å². The lowest BCUT2D eigenvalue weighted by Crippen LogP contribution is -2.53. The van der Waals surface area contributed by atoms with Crippen molar-refractivity contribution in [1.29, 1.82) is 5.26 Å². The third-order valence-electron chi connectivity index (χ3n) is 4.82. The van der Waals surface area contributed by atoms with Crippen LogP contribution in [0.25, 0.3) is 0 Å². The summed E-state index contributed by atoms with van der Waals surface area (Å²) in [5, 5.41) is 24.6. The molecule has 9 nitrogen and oxygen atoms in total. The monoisotopic (exact) mass is 474 g/mol. The van der Waals surface area contributed by atoms with E-state index < -0.39 is 35.6 Å². The van der Waals surface area contributed by atoms with Crippen LogP contribution in [0.4, 0.5) is 4.79 Å². The Morgan fingerprint density at radius 3 is 2.29 bits per heavy atom. The zero-order chi connectivity index (χ0) is 25.9. The van der Waals surface area contributed by atoms with Crippen LogP contribution >= 0.6 is 0 Å². The van der Waals surface area contributed by atoms with Gasteiger partial charge in [0.15, 0.2) is 0 Å². The molecular formula is C25H38N4O5. The van der Waals surface area contributed by atoms with E-state index >= 15 is 0 Å². The van der Waals surface area contributed by atoms with Crippen molar-refractivity contribution >= 4 is 17.9 Å². The molecule has 0 aromatic heterocycles. The first-order valence-electron chi connectivity index (χ1n) is 11.6. The third-order valence-corrected chi connectivity index (χ3v) is 4.82. The van der Waals surface area contributed by atoms with E-state index in [1.165, 1.54) is 24.3 Å². The maximum Gasteiger partial charge on any atom is 0.408 e. The number of benzene rings is 1. The second-order valence-corrected chi connectivity index (χ2v) is 9.59. The minimum Gasteiger partial charge on any atom is -0.508 e. The average molecular weight is 475 g/mol. The molecule has 0 fully saturated rings. The molecule has 0 aliphatic heterocycles. The minimum absolute atomic E-state index is 0.0105. The number of rotatable bonds is 11. The second-order valence-electron chi connectivity index (χ2n) is 9.59. The van der Waals surface area contributed by atoms with E-state index in [0.717, 1.165) is 17.7 Å². The lowest BCUT2D eigenvalue weighted by Gasteiger charge is -2.33. The van der Waals surface area contributed by atoms with Crippen LogP contribution in [0.15, 0.2) is 24.3 Å². The molecule has 0 heterocycles. The Hall–Kier alpha value is -3.28. The zero-order valence-electron chi connectivity index (χ0n) is 21.1. The molecule has 9 heteroatoms. The van der Waals surface area contributed by atoms with E-state index in [4.69, 9.17) is 4.74 Å². The van der Waals surface area contributed by atoms with Crippen LogP contribution in [0.2, 0.25) is 0 Å². The molecule has 0 aliphatic carbocycles. The summed E-state index contributed by atoms with van der Waals surface area (Å²) in [5.74, 6) is -0.956. The van der Waals surface area contributed by atoms with Gasteiger partial charge in [0.2, 0.25) is 11.8 Å². The Morgan fingerprint density at radius 2 is 1.79 bits per heavy atom. The summed E-state index contributed by atoms with van der Waals surface area (Å²) in [4.78, 5) is 40.5.